The third-order valence-corrected chi connectivity index (χ3v) is 6.19. The van der Waals surface area contributed by atoms with E-state index in [0.717, 1.165) is 32.1 Å². The average Bonchev–Trinajstić information content (AvgIpc) is 2.72. The first kappa shape index (κ1) is 17.7. The maximum absolute atomic E-state index is 12.0. The maximum atomic E-state index is 12.0. The molecule has 0 aromatic carbocycles. The van der Waals surface area contributed by atoms with Crippen molar-refractivity contribution >= 4 is 5.97 Å². The molecule has 0 radical (unpaired) electrons. The fourth-order valence-corrected chi connectivity index (χ4v) is 4.39. The molecule has 0 spiro atoms. The highest BCUT2D eigenvalue weighted by molar-refractivity contribution is 5.90. The normalized spacial score (nSPS) is 44.0. The van der Waals surface area contributed by atoms with Crippen molar-refractivity contribution in [3.8, 4) is 0 Å². The van der Waals surface area contributed by atoms with Gasteiger partial charge in [0.05, 0.1) is 17.8 Å². The number of aliphatic hydroxyl groups is 1. The standard InChI is InChI=1S/C20H30O4/c1-12-7-5-9-13(2)17-18-15(14(3)19(22)23-18)11-16(21)20(4,24-17)10-6-8-12/h8,13,15-18,21H,3,5-7,9-11H2,1-2,4H3/t13-,15+,16-,17-,18-,20+/m1/s1. The Morgan fingerprint density at radius 2 is 2.12 bits per heavy atom. The number of hydrogen-bond donors (Lipinski definition) is 1. The summed E-state index contributed by atoms with van der Waals surface area (Å²) in [4.78, 5) is 12.0. The minimum Gasteiger partial charge on any atom is -0.456 e. The lowest BCUT2D eigenvalue weighted by Gasteiger charge is -2.38. The van der Waals surface area contributed by atoms with Gasteiger partial charge in [-0.25, -0.2) is 4.79 Å². The number of rotatable bonds is 0. The van der Waals surface area contributed by atoms with E-state index in [1.807, 2.05) is 6.92 Å². The predicted octanol–water partition coefficient (Wildman–Crippen LogP) is 3.54. The molecule has 3 rings (SSSR count). The molecule has 3 heterocycles. The lowest BCUT2D eigenvalue weighted by Crippen LogP contribution is -2.46. The quantitative estimate of drug-likeness (QED) is 0.418. The second kappa shape index (κ2) is 6.64. The van der Waals surface area contributed by atoms with Gasteiger partial charge in [-0.3, -0.25) is 0 Å². The second-order valence-electron chi connectivity index (χ2n) is 8.11. The van der Waals surface area contributed by atoms with Gasteiger partial charge in [-0.05, 0) is 58.3 Å². The zero-order valence-corrected chi connectivity index (χ0v) is 15.1. The van der Waals surface area contributed by atoms with Gasteiger partial charge in [0.25, 0.3) is 0 Å². The summed E-state index contributed by atoms with van der Waals surface area (Å²) in [5.41, 5.74) is 1.29. The number of fused-ring (bicyclic) bond motifs is 4. The van der Waals surface area contributed by atoms with E-state index in [1.54, 1.807) is 0 Å². The highest BCUT2D eigenvalue weighted by Crippen LogP contribution is 2.44. The van der Waals surface area contributed by atoms with Crippen LogP contribution < -0.4 is 0 Å². The van der Waals surface area contributed by atoms with Gasteiger partial charge in [-0.1, -0.05) is 25.2 Å². The molecule has 0 unspecified atom stereocenters. The Balaban J connectivity index is 1.95. The summed E-state index contributed by atoms with van der Waals surface area (Å²) in [6, 6.07) is 0. The van der Waals surface area contributed by atoms with Gasteiger partial charge in [0.2, 0.25) is 0 Å². The molecule has 0 aliphatic carbocycles. The Hall–Kier alpha value is -1.13. The SMILES string of the molecule is C=C1C(=O)O[C@H]2[C@@H]3O[C@@](C)(CCC=C(C)CCC[C@H]3C)[C@H](O)C[C@@H]12. The maximum Gasteiger partial charge on any atom is 0.334 e. The van der Waals surface area contributed by atoms with Gasteiger partial charge in [-0.15, -0.1) is 0 Å². The third-order valence-electron chi connectivity index (χ3n) is 6.19. The van der Waals surface area contributed by atoms with Gasteiger partial charge in [0.1, 0.15) is 6.10 Å². The first-order valence-corrected chi connectivity index (χ1v) is 9.23. The van der Waals surface area contributed by atoms with E-state index in [4.69, 9.17) is 9.47 Å². The van der Waals surface area contributed by atoms with Crippen LogP contribution in [-0.4, -0.2) is 35.0 Å². The van der Waals surface area contributed by atoms with Crippen molar-refractivity contribution in [3.05, 3.63) is 23.8 Å². The third kappa shape index (κ3) is 3.18. The summed E-state index contributed by atoms with van der Waals surface area (Å²) in [6.45, 7) is 10.3. The Bertz CT molecular complexity index is 552. The van der Waals surface area contributed by atoms with Crippen LogP contribution in [0.1, 0.15) is 59.3 Å². The molecule has 3 aliphatic rings. The van der Waals surface area contributed by atoms with E-state index in [0.29, 0.717) is 12.0 Å². The summed E-state index contributed by atoms with van der Waals surface area (Å²) in [7, 11) is 0. The lowest BCUT2D eigenvalue weighted by atomic mass is 9.82. The molecule has 0 aromatic heterocycles. The first-order chi connectivity index (χ1) is 11.3. The van der Waals surface area contributed by atoms with Gasteiger partial charge in [0.15, 0.2) is 0 Å². The van der Waals surface area contributed by atoms with Crippen LogP contribution >= 0.6 is 0 Å². The van der Waals surface area contributed by atoms with E-state index < -0.39 is 11.7 Å². The molecule has 6 atom stereocenters. The van der Waals surface area contributed by atoms with Gasteiger partial charge in [-0.2, -0.15) is 0 Å². The Morgan fingerprint density at radius 3 is 2.88 bits per heavy atom. The monoisotopic (exact) mass is 334 g/mol. The first-order valence-electron chi connectivity index (χ1n) is 9.23. The van der Waals surface area contributed by atoms with E-state index in [9.17, 15) is 9.90 Å². The Labute approximate surface area is 144 Å². The fraction of sp³-hybridized carbons (Fsp3) is 0.750. The number of carbonyl (C=O) groups excluding carboxylic acids is 1. The molecule has 0 saturated carbocycles. The van der Waals surface area contributed by atoms with E-state index >= 15 is 0 Å². The van der Waals surface area contributed by atoms with Crippen LogP contribution in [-0.2, 0) is 14.3 Å². The molecule has 3 aliphatic heterocycles. The van der Waals surface area contributed by atoms with E-state index in [-0.39, 0.29) is 30.0 Å². The lowest BCUT2D eigenvalue weighted by molar-refractivity contribution is -0.182. The molecule has 4 nitrogen and oxygen atoms in total. The predicted molar refractivity (Wildman–Crippen MR) is 92.4 cm³/mol. The Kier molecular flexibility index (Phi) is 4.89. The minimum atomic E-state index is -0.622. The smallest absolute Gasteiger partial charge is 0.334 e. The topological polar surface area (TPSA) is 55.8 Å². The summed E-state index contributed by atoms with van der Waals surface area (Å²) in [6.07, 6.45) is 6.54. The van der Waals surface area contributed by atoms with Gasteiger partial charge < -0.3 is 14.6 Å². The molecular formula is C20H30O4. The van der Waals surface area contributed by atoms with Crippen molar-refractivity contribution in [1.29, 1.82) is 0 Å². The fourth-order valence-electron chi connectivity index (χ4n) is 4.39. The number of aliphatic hydroxyl groups excluding tert-OH is 1. The number of carbonyl (C=O) groups is 1. The number of allylic oxidation sites excluding steroid dienone is 2. The van der Waals surface area contributed by atoms with Crippen molar-refractivity contribution in [2.45, 2.75) is 83.2 Å². The van der Waals surface area contributed by atoms with Crippen molar-refractivity contribution < 1.29 is 19.4 Å². The summed E-state index contributed by atoms with van der Waals surface area (Å²) < 4.78 is 12.1. The molecule has 24 heavy (non-hydrogen) atoms. The van der Waals surface area contributed by atoms with Crippen LogP contribution in [0.3, 0.4) is 0 Å². The van der Waals surface area contributed by atoms with Crippen molar-refractivity contribution in [1.82, 2.24) is 0 Å². The molecule has 0 amide bonds. The molecular weight excluding hydrogens is 304 g/mol. The molecule has 0 aromatic rings. The molecule has 2 saturated heterocycles. The second-order valence-corrected chi connectivity index (χ2v) is 8.11. The van der Waals surface area contributed by atoms with Gasteiger partial charge in [0, 0.05) is 11.5 Å². The number of ether oxygens (including phenoxy) is 2. The van der Waals surface area contributed by atoms with Crippen LogP contribution in [0.25, 0.3) is 0 Å². The van der Waals surface area contributed by atoms with Crippen molar-refractivity contribution in [2.24, 2.45) is 11.8 Å². The molecule has 134 valence electrons. The van der Waals surface area contributed by atoms with Crippen molar-refractivity contribution in [3.63, 3.8) is 0 Å². The summed E-state index contributed by atoms with van der Waals surface area (Å²) in [5, 5.41) is 10.9. The summed E-state index contributed by atoms with van der Waals surface area (Å²) in [5.74, 6) is -0.197. The molecule has 2 fully saturated rings. The largest absolute Gasteiger partial charge is 0.456 e. The zero-order chi connectivity index (χ0) is 17.5. The minimum absolute atomic E-state index is 0.137. The highest BCUT2D eigenvalue weighted by Gasteiger charge is 2.53. The molecule has 1 N–H and O–H groups in total. The number of esters is 1. The highest BCUT2D eigenvalue weighted by atomic mass is 16.6. The summed E-state index contributed by atoms with van der Waals surface area (Å²) >= 11 is 0. The van der Waals surface area contributed by atoms with Crippen LogP contribution in [0.5, 0.6) is 0 Å². The van der Waals surface area contributed by atoms with Crippen molar-refractivity contribution in [2.75, 3.05) is 0 Å². The molecule has 2 bridgehead atoms. The zero-order valence-electron chi connectivity index (χ0n) is 15.1. The average molecular weight is 334 g/mol. The van der Waals surface area contributed by atoms with Crippen LogP contribution in [0.2, 0.25) is 0 Å². The Morgan fingerprint density at radius 1 is 1.38 bits per heavy atom. The van der Waals surface area contributed by atoms with E-state index in [1.165, 1.54) is 5.57 Å². The van der Waals surface area contributed by atoms with Crippen LogP contribution in [0.4, 0.5) is 0 Å². The number of hydrogen-bond acceptors (Lipinski definition) is 4. The van der Waals surface area contributed by atoms with E-state index in [2.05, 4.69) is 26.5 Å². The van der Waals surface area contributed by atoms with Gasteiger partial charge >= 0.3 is 5.97 Å². The van der Waals surface area contributed by atoms with Crippen LogP contribution in [0.15, 0.2) is 23.8 Å². The van der Waals surface area contributed by atoms with Crippen LogP contribution in [0, 0.1) is 11.8 Å². The molecule has 4 heteroatoms.